The Morgan fingerprint density at radius 2 is 1.93 bits per heavy atom. The molecule has 1 aliphatic rings. The summed E-state index contributed by atoms with van der Waals surface area (Å²) in [5, 5.41) is 2.82. The summed E-state index contributed by atoms with van der Waals surface area (Å²) in [6.07, 6.45) is 3.35. The first-order valence-electron chi connectivity index (χ1n) is 9.65. The summed E-state index contributed by atoms with van der Waals surface area (Å²) in [5.41, 5.74) is 1.81. The maximum atomic E-state index is 12.8. The maximum absolute atomic E-state index is 12.8. The molecule has 0 spiro atoms. The molecule has 1 aliphatic heterocycles. The second-order valence-electron chi connectivity index (χ2n) is 7.02. The third kappa shape index (κ3) is 5.31. The van der Waals surface area contributed by atoms with Crippen molar-refractivity contribution in [2.45, 2.75) is 18.4 Å². The average molecular weight is 418 g/mol. The normalized spacial score (nSPS) is 15.3. The molecule has 8 nitrogen and oxygen atoms in total. The SMILES string of the molecule is CCNS(=O)(=O)c1cc(C(=O)NCc2cccnc2)ccc1N1CCN(C)CC1. The Hall–Kier alpha value is -2.49. The number of carbonyl (C=O) groups is 1. The minimum atomic E-state index is -3.72. The minimum Gasteiger partial charge on any atom is -0.368 e. The predicted octanol–water partition coefficient (Wildman–Crippen LogP) is 1.06. The van der Waals surface area contributed by atoms with Crippen molar-refractivity contribution < 1.29 is 13.2 Å². The molecule has 2 aromatic rings. The van der Waals surface area contributed by atoms with Gasteiger partial charge in [0, 0.05) is 57.2 Å². The van der Waals surface area contributed by atoms with E-state index in [4.69, 9.17) is 0 Å². The molecule has 0 aliphatic carbocycles. The fraction of sp³-hybridized carbons (Fsp3) is 0.400. The van der Waals surface area contributed by atoms with Crippen LogP contribution in [0.4, 0.5) is 5.69 Å². The van der Waals surface area contributed by atoms with Crippen LogP contribution < -0.4 is 14.9 Å². The van der Waals surface area contributed by atoms with Gasteiger partial charge in [-0.15, -0.1) is 0 Å². The number of piperazine rings is 1. The van der Waals surface area contributed by atoms with Gasteiger partial charge in [0.15, 0.2) is 0 Å². The second-order valence-corrected chi connectivity index (χ2v) is 8.75. The van der Waals surface area contributed by atoms with Crippen LogP contribution in [0.2, 0.25) is 0 Å². The summed E-state index contributed by atoms with van der Waals surface area (Å²) >= 11 is 0. The Morgan fingerprint density at radius 1 is 1.17 bits per heavy atom. The fourth-order valence-corrected chi connectivity index (χ4v) is 4.52. The lowest BCUT2D eigenvalue weighted by Crippen LogP contribution is -2.45. The number of anilines is 1. The van der Waals surface area contributed by atoms with Crippen molar-refractivity contribution in [2.75, 3.05) is 44.7 Å². The molecule has 0 bridgehead atoms. The molecule has 29 heavy (non-hydrogen) atoms. The first-order chi connectivity index (χ1) is 13.9. The largest absolute Gasteiger partial charge is 0.368 e. The van der Waals surface area contributed by atoms with Crippen molar-refractivity contribution in [3.8, 4) is 0 Å². The van der Waals surface area contributed by atoms with E-state index in [0.29, 0.717) is 17.8 Å². The number of aromatic nitrogens is 1. The maximum Gasteiger partial charge on any atom is 0.251 e. The molecule has 1 amide bonds. The van der Waals surface area contributed by atoms with E-state index >= 15 is 0 Å². The summed E-state index contributed by atoms with van der Waals surface area (Å²) in [7, 11) is -1.68. The first-order valence-corrected chi connectivity index (χ1v) is 11.1. The molecule has 2 heterocycles. The average Bonchev–Trinajstić information content (AvgIpc) is 2.73. The number of rotatable bonds is 7. The van der Waals surface area contributed by atoms with E-state index in [2.05, 4.69) is 24.8 Å². The molecular formula is C20H27N5O3S. The monoisotopic (exact) mass is 417 g/mol. The lowest BCUT2D eigenvalue weighted by molar-refractivity contribution is 0.0950. The summed E-state index contributed by atoms with van der Waals surface area (Å²) in [6.45, 7) is 5.51. The third-order valence-corrected chi connectivity index (χ3v) is 6.44. The number of nitrogens with zero attached hydrogens (tertiary/aromatic N) is 3. The van der Waals surface area contributed by atoms with Crippen molar-refractivity contribution in [3.05, 3.63) is 53.9 Å². The summed E-state index contributed by atoms with van der Waals surface area (Å²) < 4.78 is 28.2. The van der Waals surface area contributed by atoms with Crippen LogP contribution in [0.3, 0.4) is 0 Å². The van der Waals surface area contributed by atoms with Gasteiger partial charge in [0.25, 0.3) is 5.91 Å². The molecule has 0 unspecified atom stereocenters. The van der Waals surface area contributed by atoms with Crippen LogP contribution >= 0.6 is 0 Å². The molecule has 3 rings (SSSR count). The Labute approximate surface area is 172 Å². The van der Waals surface area contributed by atoms with E-state index in [9.17, 15) is 13.2 Å². The van der Waals surface area contributed by atoms with Gasteiger partial charge in [-0.1, -0.05) is 13.0 Å². The number of sulfonamides is 1. The van der Waals surface area contributed by atoms with Crippen LogP contribution in [0, 0.1) is 0 Å². The second kappa shape index (κ2) is 9.34. The van der Waals surface area contributed by atoms with E-state index in [1.54, 1.807) is 37.5 Å². The predicted molar refractivity (Wildman–Crippen MR) is 112 cm³/mol. The highest BCUT2D eigenvalue weighted by atomic mass is 32.2. The molecule has 1 fully saturated rings. The van der Waals surface area contributed by atoms with E-state index in [1.165, 1.54) is 6.07 Å². The number of benzene rings is 1. The van der Waals surface area contributed by atoms with Gasteiger partial charge in [0.05, 0.1) is 5.69 Å². The first kappa shape index (κ1) is 21.2. The van der Waals surface area contributed by atoms with Crippen molar-refractivity contribution in [1.29, 1.82) is 0 Å². The summed E-state index contributed by atoms with van der Waals surface area (Å²) in [4.78, 5) is 21.0. The number of likely N-dealkylation sites (N-methyl/N-ethyl adjacent to an activating group) is 1. The molecule has 1 saturated heterocycles. The van der Waals surface area contributed by atoms with Gasteiger partial charge in [-0.25, -0.2) is 13.1 Å². The zero-order chi connectivity index (χ0) is 20.9. The van der Waals surface area contributed by atoms with Gasteiger partial charge in [-0.05, 0) is 36.9 Å². The van der Waals surface area contributed by atoms with Crippen LogP contribution in [0.1, 0.15) is 22.8 Å². The van der Waals surface area contributed by atoms with Crippen LogP contribution in [0.25, 0.3) is 0 Å². The van der Waals surface area contributed by atoms with Gasteiger partial charge >= 0.3 is 0 Å². The van der Waals surface area contributed by atoms with Crippen LogP contribution in [-0.2, 0) is 16.6 Å². The highest BCUT2D eigenvalue weighted by Gasteiger charge is 2.25. The number of carbonyl (C=O) groups excluding carboxylic acids is 1. The number of hydrogen-bond donors (Lipinski definition) is 2. The zero-order valence-corrected chi connectivity index (χ0v) is 17.6. The van der Waals surface area contributed by atoms with Crippen LogP contribution in [0.5, 0.6) is 0 Å². The van der Waals surface area contributed by atoms with Crippen molar-refractivity contribution in [2.24, 2.45) is 0 Å². The van der Waals surface area contributed by atoms with E-state index in [0.717, 1.165) is 31.7 Å². The number of hydrogen-bond acceptors (Lipinski definition) is 6. The Kier molecular flexibility index (Phi) is 6.83. The quantitative estimate of drug-likeness (QED) is 0.700. The number of pyridine rings is 1. The van der Waals surface area contributed by atoms with Crippen LogP contribution in [0.15, 0.2) is 47.6 Å². The Bertz CT molecular complexity index is 942. The highest BCUT2D eigenvalue weighted by Crippen LogP contribution is 2.27. The standard InChI is InChI=1S/C20H27N5O3S/c1-3-23-29(27,28)19-13-17(20(26)22-15-16-5-4-8-21-14-16)6-7-18(19)25-11-9-24(2)10-12-25/h4-8,13-14,23H,3,9-12,15H2,1-2H3,(H,22,26). The molecule has 2 N–H and O–H groups in total. The van der Waals surface area contributed by atoms with Gasteiger partial charge in [-0.2, -0.15) is 0 Å². The highest BCUT2D eigenvalue weighted by molar-refractivity contribution is 7.89. The fourth-order valence-electron chi connectivity index (χ4n) is 3.23. The number of nitrogens with one attached hydrogen (secondary N) is 2. The van der Waals surface area contributed by atoms with Gasteiger partial charge < -0.3 is 15.1 Å². The molecule has 0 atom stereocenters. The van der Waals surface area contributed by atoms with Crippen LogP contribution in [-0.4, -0.2) is 64.0 Å². The topological polar surface area (TPSA) is 94.6 Å². The van der Waals surface area contributed by atoms with Gasteiger partial charge in [0.1, 0.15) is 4.90 Å². The lowest BCUT2D eigenvalue weighted by Gasteiger charge is -2.35. The van der Waals surface area contributed by atoms with Crippen molar-refractivity contribution >= 4 is 21.6 Å². The van der Waals surface area contributed by atoms with E-state index in [-0.39, 0.29) is 17.3 Å². The smallest absolute Gasteiger partial charge is 0.251 e. The van der Waals surface area contributed by atoms with Gasteiger partial charge in [-0.3, -0.25) is 9.78 Å². The molecule has 9 heteroatoms. The Balaban J connectivity index is 1.86. The molecule has 0 radical (unpaired) electrons. The summed E-state index contributed by atoms with van der Waals surface area (Å²) in [6, 6.07) is 8.54. The zero-order valence-electron chi connectivity index (χ0n) is 16.8. The number of amides is 1. The van der Waals surface area contributed by atoms with Crippen molar-refractivity contribution in [3.63, 3.8) is 0 Å². The van der Waals surface area contributed by atoms with E-state index in [1.807, 2.05) is 13.1 Å². The van der Waals surface area contributed by atoms with E-state index < -0.39 is 10.0 Å². The van der Waals surface area contributed by atoms with Gasteiger partial charge in [0.2, 0.25) is 10.0 Å². The molecule has 1 aromatic heterocycles. The minimum absolute atomic E-state index is 0.137. The summed E-state index contributed by atoms with van der Waals surface area (Å²) in [5.74, 6) is -0.327. The molecule has 156 valence electrons. The molecular weight excluding hydrogens is 390 g/mol. The van der Waals surface area contributed by atoms with Crippen molar-refractivity contribution in [1.82, 2.24) is 19.9 Å². The molecule has 0 saturated carbocycles. The molecule has 1 aromatic carbocycles. The Morgan fingerprint density at radius 3 is 2.59 bits per heavy atom. The lowest BCUT2D eigenvalue weighted by atomic mass is 10.1. The third-order valence-electron chi connectivity index (χ3n) is 4.87.